The molecule has 17 heavy (non-hydrogen) atoms. The molecular weight excluding hydrogens is 210 g/mol. The Balaban J connectivity index is 2.67. The van der Waals surface area contributed by atoms with Crippen molar-refractivity contribution in [1.29, 1.82) is 0 Å². The Kier molecular flexibility index (Phi) is 2.53. The SMILES string of the molecule is CC(C)(C)c1cnc2n[nH]c(C(C)(C)C)c2c1. The van der Waals surface area contributed by atoms with Crippen LogP contribution in [0, 0.1) is 0 Å². The fourth-order valence-corrected chi connectivity index (χ4v) is 1.88. The first kappa shape index (κ1) is 12.1. The van der Waals surface area contributed by atoms with Gasteiger partial charge in [0.1, 0.15) is 0 Å². The fourth-order valence-electron chi connectivity index (χ4n) is 1.88. The molecular formula is C14H21N3. The smallest absolute Gasteiger partial charge is 0.181 e. The van der Waals surface area contributed by atoms with Crippen LogP contribution in [0.2, 0.25) is 0 Å². The molecule has 0 saturated heterocycles. The molecule has 0 bridgehead atoms. The maximum atomic E-state index is 4.44. The third kappa shape index (κ3) is 2.19. The number of nitrogens with one attached hydrogen (secondary N) is 1. The Morgan fingerprint density at radius 2 is 1.65 bits per heavy atom. The van der Waals surface area contributed by atoms with Gasteiger partial charge in [-0.15, -0.1) is 0 Å². The van der Waals surface area contributed by atoms with Crippen LogP contribution in [0.15, 0.2) is 12.3 Å². The highest BCUT2D eigenvalue weighted by Gasteiger charge is 2.22. The zero-order valence-corrected chi connectivity index (χ0v) is 11.5. The summed E-state index contributed by atoms with van der Waals surface area (Å²) in [5.41, 5.74) is 3.39. The molecule has 0 atom stereocenters. The Hall–Kier alpha value is -1.38. The Bertz CT molecular complexity index is 539. The molecule has 0 saturated carbocycles. The van der Waals surface area contributed by atoms with Gasteiger partial charge in [-0.3, -0.25) is 5.10 Å². The van der Waals surface area contributed by atoms with Gasteiger partial charge in [0.2, 0.25) is 0 Å². The van der Waals surface area contributed by atoms with Gasteiger partial charge < -0.3 is 0 Å². The van der Waals surface area contributed by atoms with Crippen molar-refractivity contribution in [2.75, 3.05) is 0 Å². The number of H-pyrrole nitrogens is 1. The van der Waals surface area contributed by atoms with E-state index < -0.39 is 0 Å². The van der Waals surface area contributed by atoms with Crippen LogP contribution in [-0.2, 0) is 10.8 Å². The van der Waals surface area contributed by atoms with Crippen molar-refractivity contribution in [1.82, 2.24) is 15.2 Å². The van der Waals surface area contributed by atoms with Crippen molar-refractivity contribution in [3.05, 3.63) is 23.5 Å². The fraction of sp³-hybridized carbons (Fsp3) is 0.571. The highest BCUT2D eigenvalue weighted by atomic mass is 15.2. The predicted octanol–water partition coefficient (Wildman–Crippen LogP) is 3.55. The largest absolute Gasteiger partial charge is 0.279 e. The van der Waals surface area contributed by atoms with Gasteiger partial charge in [-0.1, -0.05) is 41.5 Å². The molecule has 0 aliphatic rings. The van der Waals surface area contributed by atoms with Crippen molar-refractivity contribution in [3.8, 4) is 0 Å². The van der Waals surface area contributed by atoms with Crippen LogP contribution in [0.25, 0.3) is 11.0 Å². The van der Waals surface area contributed by atoms with Crippen LogP contribution in [0.3, 0.4) is 0 Å². The number of aromatic amines is 1. The minimum atomic E-state index is 0.0624. The van der Waals surface area contributed by atoms with Crippen molar-refractivity contribution in [3.63, 3.8) is 0 Å². The molecule has 0 radical (unpaired) electrons. The van der Waals surface area contributed by atoms with Gasteiger partial charge in [0.15, 0.2) is 5.65 Å². The summed E-state index contributed by atoms with van der Waals surface area (Å²) in [5, 5.41) is 8.54. The van der Waals surface area contributed by atoms with Gasteiger partial charge in [-0.25, -0.2) is 4.98 Å². The van der Waals surface area contributed by atoms with Crippen LogP contribution < -0.4 is 0 Å². The van der Waals surface area contributed by atoms with E-state index in [0.717, 1.165) is 16.7 Å². The number of aromatic nitrogens is 3. The first-order valence-electron chi connectivity index (χ1n) is 6.05. The van der Waals surface area contributed by atoms with Crippen molar-refractivity contribution < 1.29 is 0 Å². The molecule has 0 spiro atoms. The lowest BCUT2D eigenvalue weighted by molar-refractivity contribution is 0.570. The lowest BCUT2D eigenvalue weighted by Gasteiger charge is -2.20. The zero-order chi connectivity index (χ0) is 12.8. The standard InChI is InChI=1S/C14H21N3/c1-13(2,3)9-7-10-11(14(4,5)6)16-17-12(10)15-8-9/h7-8H,1-6H3,(H,15,16,17). The normalized spacial score (nSPS) is 13.3. The molecule has 0 aromatic carbocycles. The second-order valence-electron chi connectivity index (χ2n) is 6.69. The molecule has 0 unspecified atom stereocenters. The summed E-state index contributed by atoms with van der Waals surface area (Å²) in [5.74, 6) is 0. The first-order chi connectivity index (χ1) is 7.69. The summed E-state index contributed by atoms with van der Waals surface area (Å²) in [6.07, 6.45) is 1.93. The van der Waals surface area contributed by atoms with Crippen LogP contribution in [0.5, 0.6) is 0 Å². The van der Waals surface area contributed by atoms with Gasteiger partial charge in [-0.05, 0) is 17.0 Å². The lowest BCUT2D eigenvalue weighted by Crippen LogP contribution is -2.14. The van der Waals surface area contributed by atoms with E-state index in [4.69, 9.17) is 0 Å². The number of hydrogen-bond acceptors (Lipinski definition) is 2. The molecule has 3 nitrogen and oxygen atoms in total. The maximum absolute atomic E-state index is 4.44. The average Bonchev–Trinajstić information content (AvgIpc) is 2.57. The summed E-state index contributed by atoms with van der Waals surface area (Å²) in [6.45, 7) is 13.2. The molecule has 0 aliphatic heterocycles. The molecule has 0 amide bonds. The van der Waals surface area contributed by atoms with E-state index in [0.29, 0.717) is 0 Å². The quantitative estimate of drug-likeness (QED) is 0.753. The predicted molar refractivity (Wildman–Crippen MR) is 71.3 cm³/mol. The van der Waals surface area contributed by atoms with E-state index in [1.807, 2.05) is 6.20 Å². The molecule has 92 valence electrons. The summed E-state index contributed by atoms with van der Waals surface area (Å²) >= 11 is 0. The lowest BCUT2D eigenvalue weighted by atomic mass is 9.85. The average molecular weight is 231 g/mol. The van der Waals surface area contributed by atoms with Gasteiger partial charge in [0.05, 0.1) is 5.69 Å². The van der Waals surface area contributed by atoms with E-state index in [9.17, 15) is 0 Å². The van der Waals surface area contributed by atoms with E-state index in [1.165, 1.54) is 5.56 Å². The van der Waals surface area contributed by atoms with Gasteiger partial charge in [-0.2, -0.15) is 5.10 Å². The Labute approximate surface area is 103 Å². The first-order valence-corrected chi connectivity index (χ1v) is 6.05. The molecule has 2 aromatic heterocycles. The third-order valence-corrected chi connectivity index (χ3v) is 3.03. The second-order valence-corrected chi connectivity index (χ2v) is 6.69. The Morgan fingerprint density at radius 1 is 1.00 bits per heavy atom. The molecule has 0 fully saturated rings. The molecule has 0 aliphatic carbocycles. The molecule has 2 heterocycles. The van der Waals surface area contributed by atoms with Crippen molar-refractivity contribution in [2.45, 2.75) is 52.4 Å². The van der Waals surface area contributed by atoms with Gasteiger partial charge >= 0.3 is 0 Å². The summed E-state index contributed by atoms with van der Waals surface area (Å²) in [6, 6.07) is 2.21. The third-order valence-electron chi connectivity index (χ3n) is 3.03. The molecule has 1 N–H and O–H groups in total. The van der Waals surface area contributed by atoms with E-state index in [2.05, 4.69) is 62.8 Å². The summed E-state index contributed by atoms with van der Waals surface area (Å²) in [4.78, 5) is 4.44. The van der Waals surface area contributed by atoms with Crippen molar-refractivity contribution in [2.24, 2.45) is 0 Å². The monoisotopic (exact) mass is 231 g/mol. The van der Waals surface area contributed by atoms with E-state index in [1.54, 1.807) is 0 Å². The minimum absolute atomic E-state index is 0.0624. The summed E-state index contributed by atoms with van der Waals surface area (Å²) < 4.78 is 0. The Morgan fingerprint density at radius 3 is 2.18 bits per heavy atom. The molecule has 2 aromatic rings. The van der Waals surface area contributed by atoms with Gasteiger partial charge in [0, 0.05) is 17.0 Å². The van der Waals surface area contributed by atoms with Crippen molar-refractivity contribution >= 4 is 11.0 Å². The van der Waals surface area contributed by atoms with Crippen LogP contribution in [0.4, 0.5) is 0 Å². The van der Waals surface area contributed by atoms with Crippen LogP contribution >= 0.6 is 0 Å². The van der Waals surface area contributed by atoms with Crippen LogP contribution in [-0.4, -0.2) is 15.2 Å². The van der Waals surface area contributed by atoms with Crippen LogP contribution in [0.1, 0.15) is 52.8 Å². The number of fused-ring (bicyclic) bond motifs is 1. The van der Waals surface area contributed by atoms with Gasteiger partial charge in [0.25, 0.3) is 0 Å². The van der Waals surface area contributed by atoms with E-state index >= 15 is 0 Å². The molecule has 2 rings (SSSR count). The van der Waals surface area contributed by atoms with E-state index in [-0.39, 0.29) is 10.8 Å². The maximum Gasteiger partial charge on any atom is 0.181 e. The number of nitrogens with zero attached hydrogens (tertiary/aromatic N) is 2. The second kappa shape index (κ2) is 3.56. The highest BCUT2D eigenvalue weighted by Crippen LogP contribution is 2.30. The summed E-state index contributed by atoms with van der Waals surface area (Å²) in [7, 11) is 0. The minimum Gasteiger partial charge on any atom is -0.279 e. The number of rotatable bonds is 0. The number of hydrogen-bond donors (Lipinski definition) is 1. The molecule has 3 heteroatoms. The zero-order valence-electron chi connectivity index (χ0n) is 11.5. The number of pyridine rings is 1. The topological polar surface area (TPSA) is 41.6 Å². The highest BCUT2D eigenvalue weighted by molar-refractivity contribution is 5.79.